The first-order valence-electron chi connectivity index (χ1n) is 8.11. The van der Waals surface area contributed by atoms with Crippen LogP contribution >= 0.6 is 23.2 Å². The topological polar surface area (TPSA) is 75.7 Å². The number of amides is 4. The fourth-order valence-electron chi connectivity index (χ4n) is 2.55. The molecule has 0 aromatic heterocycles. The number of halogens is 2. The minimum atomic E-state index is -0.869. The first-order chi connectivity index (χ1) is 13.4. The van der Waals surface area contributed by atoms with Gasteiger partial charge in [0, 0.05) is 0 Å². The van der Waals surface area contributed by atoms with Crippen molar-refractivity contribution in [2.24, 2.45) is 0 Å². The number of barbiturate groups is 1. The first-order valence-corrected chi connectivity index (χ1v) is 8.87. The summed E-state index contributed by atoms with van der Waals surface area (Å²) in [4.78, 5) is 38.1. The zero-order valence-corrected chi connectivity index (χ0v) is 16.0. The van der Waals surface area contributed by atoms with Crippen LogP contribution < -0.4 is 15.0 Å². The fraction of sp³-hybridized carbons (Fsp3) is 0.0500. The number of nitrogens with zero attached hydrogens (tertiary/aromatic N) is 1. The summed E-state index contributed by atoms with van der Waals surface area (Å²) in [7, 11) is 0. The smallest absolute Gasteiger partial charge is 0.335 e. The Morgan fingerprint density at radius 3 is 2.50 bits per heavy atom. The van der Waals surface area contributed by atoms with Crippen LogP contribution in [0.1, 0.15) is 5.56 Å². The lowest BCUT2D eigenvalue weighted by Gasteiger charge is -2.27. The van der Waals surface area contributed by atoms with Gasteiger partial charge >= 0.3 is 6.03 Å². The van der Waals surface area contributed by atoms with E-state index in [0.29, 0.717) is 16.3 Å². The van der Waals surface area contributed by atoms with Crippen LogP contribution in [0.5, 0.6) is 5.75 Å². The van der Waals surface area contributed by atoms with Gasteiger partial charge in [0.15, 0.2) is 0 Å². The number of carbonyl (C=O) groups excluding carboxylic acids is 3. The minimum Gasteiger partial charge on any atom is -0.488 e. The van der Waals surface area contributed by atoms with Gasteiger partial charge in [-0.3, -0.25) is 14.9 Å². The van der Waals surface area contributed by atoms with Crippen LogP contribution in [0, 0.1) is 0 Å². The fourth-order valence-corrected chi connectivity index (χ4v) is 3.01. The molecule has 2 aromatic carbocycles. The van der Waals surface area contributed by atoms with Crippen molar-refractivity contribution in [2.45, 2.75) is 0 Å². The van der Waals surface area contributed by atoms with Crippen molar-refractivity contribution >= 4 is 52.8 Å². The normalized spacial score (nSPS) is 15.6. The third kappa shape index (κ3) is 3.93. The van der Waals surface area contributed by atoms with Gasteiger partial charge in [0.1, 0.15) is 17.9 Å². The van der Waals surface area contributed by atoms with E-state index in [1.807, 2.05) is 0 Å². The maximum absolute atomic E-state index is 12.8. The summed E-state index contributed by atoms with van der Waals surface area (Å²) < 4.78 is 5.39. The van der Waals surface area contributed by atoms with Gasteiger partial charge in [0.2, 0.25) is 0 Å². The molecule has 0 radical (unpaired) electrons. The van der Waals surface area contributed by atoms with Gasteiger partial charge in [0.25, 0.3) is 11.8 Å². The molecule has 1 saturated heterocycles. The van der Waals surface area contributed by atoms with E-state index in [2.05, 4.69) is 11.9 Å². The molecule has 3 rings (SSSR count). The van der Waals surface area contributed by atoms with E-state index >= 15 is 0 Å². The van der Waals surface area contributed by atoms with Crippen LogP contribution in [0.15, 0.2) is 60.7 Å². The molecular formula is C20H14Cl2N2O4. The summed E-state index contributed by atoms with van der Waals surface area (Å²) in [6, 6.07) is 10.3. The predicted molar refractivity (Wildman–Crippen MR) is 108 cm³/mol. The number of nitrogens with one attached hydrogen (secondary N) is 1. The highest BCUT2D eigenvalue weighted by Gasteiger charge is 2.37. The summed E-state index contributed by atoms with van der Waals surface area (Å²) >= 11 is 12.3. The van der Waals surface area contributed by atoms with E-state index < -0.39 is 17.8 Å². The Morgan fingerprint density at radius 1 is 1.07 bits per heavy atom. The monoisotopic (exact) mass is 416 g/mol. The van der Waals surface area contributed by atoms with Crippen LogP contribution in [0.2, 0.25) is 10.0 Å². The highest BCUT2D eigenvalue weighted by Crippen LogP contribution is 2.30. The molecule has 1 fully saturated rings. The van der Waals surface area contributed by atoms with Gasteiger partial charge in [-0.25, -0.2) is 9.69 Å². The van der Waals surface area contributed by atoms with Crippen molar-refractivity contribution in [1.29, 1.82) is 0 Å². The van der Waals surface area contributed by atoms with Gasteiger partial charge in [0.05, 0.1) is 15.7 Å². The van der Waals surface area contributed by atoms with E-state index in [0.717, 1.165) is 4.90 Å². The maximum Gasteiger partial charge on any atom is 0.335 e. The Hall–Kier alpha value is -3.09. The summed E-state index contributed by atoms with van der Waals surface area (Å²) in [6.07, 6.45) is 2.93. The standard InChI is InChI=1S/C20H14Cl2N2O4/c1-2-9-28-17-8-7-12(11-15(17)22)10-13-18(25)23-20(27)24(19(13)26)16-6-4-3-5-14(16)21/h2-8,10-11H,1,9H2,(H,23,25,27)/b13-10+. The van der Waals surface area contributed by atoms with Crippen LogP contribution in [-0.2, 0) is 9.59 Å². The predicted octanol–water partition coefficient (Wildman–Crippen LogP) is 4.22. The number of urea groups is 1. The van der Waals surface area contributed by atoms with Crippen LogP contribution in [0.25, 0.3) is 6.08 Å². The van der Waals surface area contributed by atoms with Crippen LogP contribution in [0.4, 0.5) is 10.5 Å². The Labute approximate surface area is 171 Å². The zero-order chi connectivity index (χ0) is 20.3. The largest absolute Gasteiger partial charge is 0.488 e. The molecule has 1 heterocycles. The Bertz CT molecular complexity index is 1020. The summed E-state index contributed by atoms with van der Waals surface area (Å²) in [5.74, 6) is -1.15. The number of imide groups is 2. The van der Waals surface area contributed by atoms with Crippen molar-refractivity contribution in [3.05, 3.63) is 76.3 Å². The number of hydrogen-bond acceptors (Lipinski definition) is 4. The molecule has 0 spiro atoms. The highest BCUT2D eigenvalue weighted by molar-refractivity contribution is 6.42. The average Bonchev–Trinajstić information content (AvgIpc) is 2.66. The van der Waals surface area contributed by atoms with Gasteiger partial charge in [-0.05, 0) is 35.9 Å². The number of rotatable bonds is 5. The Kier molecular flexibility index (Phi) is 5.82. The molecule has 28 heavy (non-hydrogen) atoms. The van der Waals surface area contributed by atoms with E-state index in [-0.39, 0.29) is 22.9 Å². The van der Waals surface area contributed by atoms with Crippen molar-refractivity contribution in [3.8, 4) is 5.75 Å². The number of carbonyl (C=O) groups is 3. The third-order valence-electron chi connectivity index (χ3n) is 3.82. The molecule has 1 N–H and O–H groups in total. The molecule has 1 aliphatic heterocycles. The number of benzene rings is 2. The van der Waals surface area contributed by atoms with E-state index in [1.54, 1.807) is 42.5 Å². The molecule has 2 aromatic rings. The van der Waals surface area contributed by atoms with E-state index in [1.165, 1.54) is 12.1 Å². The second kappa shape index (κ2) is 8.29. The molecular weight excluding hydrogens is 403 g/mol. The number of ether oxygens (including phenoxy) is 1. The number of anilines is 1. The molecule has 1 aliphatic rings. The summed E-state index contributed by atoms with van der Waals surface area (Å²) in [5, 5.41) is 2.65. The lowest BCUT2D eigenvalue weighted by molar-refractivity contribution is -0.122. The summed E-state index contributed by atoms with van der Waals surface area (Å²) in [5.41, 5.74) is 0.439. The highest BCUT2D eigenvalue weighted by atomic mass is 35.5. The molecule has 0 atom stereocenters. The van der Waals surface area contributed by atoms with E-state index in [9.17, 15) is 14.4 Å². The Morgan fingerprint density at radius 2 is 1.82 bits per heavy atom. The number of para-hydroxylation sites is 1. The lowest BCUT2D eigenvalue weighted by Crippen LogP contribution is -2.54. The van der Waals surface area contributed by atoms with Crippen LogP contribution in [-0.4, -0.2) is 24.5 Å². The van der Waals surface area contributed by atoms with Gasteiger partial charge in [-0.2, -0.15) is 0 Å². The first kappa shape index (κ1) is 19.7. The van der Waals surface area contributed by atoms with Gasteiger partial charge in [-0.1, -0.05) is 54.1 Å². The van der Waals surface area contributed by atoms with Crippen molar-refractivity contribution in [1.82, 2.24) is 5.32 Å². The molecule has 0 saturated carbocycles. The van der Waals surface area contributed by atoms with Crippen molar-refractivity contribution < 1.29 is 19.1 Å². The van der Waals surface area contributed by atoms with Gasteiger partial charge in [-0.15, -0.1) is 0 Å². The molecule has 0 aliphatic carbocycles. The second-order valence-corrected chi connectivity index (χ2v) is 6.51. The lowest BCUT2D eigenvalue weighted by atomic mass is 10.1. The van der Waals surface area contributed by atoms with Crippen molar-refractivity contribution in [3.63, 3.8) is 0 Å². The molecule has 0 unspecified atom stereocenters. The molecule has 142 valence electrons. The molecule has 4 amide bonds. The quantitative estimate of drug-likeness (QED) is 0.449. The third-order valence-corrected chi connectivity index (χ3v) is 4.43. The Balaban J connectivity index is 1.96. The van der Waals surface area contributed by atoms with Gasteiger partial charge < -0.3 is 4.74 Å². The summed E-state index contributed by atoms with van der Waals surface area (Å²) in [6.45, 7) is 3.85. The molecule has 6 nitrogen and oxygen atoms in total. The second-order valence-electron chi connectivity index (χ2n) is 5.70. The zero-order valence-electron chi connectivity index (χ0n) is 14.4. The minimum absolute atomic E-state index is 0.177. The maximum atomic E-state index is 12.8. The average molecular weight is 417 g/mol. The van der Waals surface area contributed by atoms with Crippen LogP contribution in [0.3, 0.4) is 0 Å². The van der Waals surface area contributed by atoms with Crippen molar-refractivity contribution in [2.75, 3.05) is 11.5 Å². The SMILES string of the molecule is C=CCOc1ccc(/C=C2\C(=O)NC(=O)N(c3ccccc3Cl)C2=O)cc1Cl. The number of hydrogen-bond donors (Lipinski definition) is 1. The molecule has 8 heteroatoms. The van der Waals surface area contributed by atoms with E-state index in [4.69, 9.17) is 27.9 Å². The molecule has 0 bridgehead atoms.